The molecule has 0 radical (unpaired) electrons. The highest BCUT2D eigenvalue weighted by atomic mass is 16.3. The molecular formula is C16H16N4O2. The number of hydrogen-bond donors (Lipinski definition) is 2. The van der Waals surface area contributed by atoms with Crippen molar-refractivity contribution in [3.8, 4) is 17.0 Å². The van der Waals surface area contributed by atoms with Crippen molar-refractivity contribution >= 4 is 16.9 Å². The molecule has 0 aliphatic carbocycles. The largest absolute Gasteiger partial charge is 0.507 e. The van der Waals surface area contributed by atoms with E-state index in [1.165, 1.54) is 6.92 Å². The maximum Gasteiger partial charge on any atom is 0.219 e. The number of aromatic nitrogens is 3. The standard InChI is InChI=1S/C16H16N4O2/c1-10(21)20(2)9-11-8-17-16-13(11)7-14(18-19-16)12-5-3-4-6-15(12)22/h3-8,22H,9H2,1-2H3,(H,17,19). The van der Waals surface area contributed by atoms with Crippen LogP contribution in [0.1, 0.15) is 12.5 Å². The maximum atomic E-state index is 11.4. The molecule has 2 aromatic heterocycles. The molecule has 0 saturated heterocycles. The number of benzene rings is 1. The zero-order chi connectivity index (χ0) is 15.7. The minimum atomic E-state index is -0.00251. The SMILES string of the molecule is CC(=O)N(C)Cc1c[nH]c2nnc(-c3ccccc3O)cc12. The molecule has 22 heavy (non-hydrogen) atoms. The van der Waals surface area contributed by atoms with Gasteiger partial charge in [-0.1, -0.05) is 12.1 Å². The number of hydrogen-bond acceptors (Lipinski definition) is 4. The van der Waals surface area contributed by atoms with Crippen molar-refractivity contribution in [2.75, 3.05) is 7.05 Å². The van der Waals surface area contributed by atoms with Crippen LogP contribution >= 0.6 is 0 Å². The third-order valence-corrected chi connectivity index (χ3v) is 3.65. The summed E-state index contributed by atoms with van der Waals surface area (Å²) >= 11 is 0. The normalized spacial score (nSPS) is 10.8. The molecular weight excluding hydrogens is 280 g/mol. The average molecular weight is 296 g/mol. The van der Waals surface area contributed by atoms with Crippen molar-refractivity contribution in [3.63, 3.8) is 0 Å². The Balaban J connectivity index is 2.05. The fourth-order valence-electron chi connectivity index (χ4n) is 2.30. The van der Waals surface area contributed by atoms with Crippen molar-refractivity contribution in [2.24, 2.45) is 0 Å². The number of amides is 1. The molecule has 0 aliphatic rings. The van der Waals surface area contributed by atoms with Crippen LogP contribution in [-0.4, -0.2) is 38.1 Å². The molecule has 6 heteroatoms. The number of aromatic amines is 1. The highest BCUT2D eigenvalue weighted by Gasteiger charge is 2.12. The minimum absolute atomic E-state index is 0.00251. The second-order valence-corrected chi connectivity index (χ2v) is 5.20. The quantitative estimate of drug-likeness (QED) is 0.777. The number of aromatic hydroxyl groups is 1. The van der Waals surface area contributed by atoms with Crippen LogP contribution in [0.3, 0.4) is 0 Å². The van der Waals surface area contributed by atoms with E-state index in [-0.39, 0.29) is 11.7 Å². The first kappa shape index (κ1) is 14.1. The summed E-state index contributed by atoms with van der Waals surface area (Å²) in [6, 6.07) is 8.87. The summed E-state index contributed by atoms with van der Waals surface area (Å²) in [5.74, 6) is 0.159. The lowest BCUT2D eigenvalue weighted by atomic mass is 10.1. The Morgan fingerprint density at radius 3 is 2.82 bits per heavy atom. The topological polar surface area (TPSA) is 82.1 Å². The second-order valence-electron chi connectivity index (χ2n) is 5.20. The fourth-order valence-corrected chi connectivity index (χ4v) is 2.30. The van der Waals surface area contributed by atoms with Crippen LogP contribution in [0, 0.1) is 0 Å². The third-order valence-electron chi connectivity index (χ3n) is 3.65. The number of carbonyl (C=O) groups excluding carboxylic acids is 1. The van der Waals surface area contributed by atoms with Crippen LogP contribution in [-0.2, 0) is 11.3 Å². The molecule has 1 amide bonds. The van der Waals surface area contributed by atoms with Gasteiger partial charge in [0.05, 0.1) is 5.69 Å². The predicted octanol–water partition coefficient (Wildman–Crippen LogP) is 2.31. The molecule has 0 bridgehead atoms. The summed E-state index contributed by atoms with van der Waals surface area (Å²) in [6.07, 6.45) is 1.83. The van der Waals surface area contributed by atoms with Crippen molar-refractivity contribution in [2.45, 2.75) is 13.5 Å². The Kier molecular flexibility index (Phi) is 3.50. The van der Waals surface area contributed by atoms with Gasteiger partial charge in [0, 0.05) is 37.7 Å². The minimum Gasteiger partial charge on any atom is -0.507 e. The van der Waals surface area contributed by atoms with E-state index in [0.717, 1.165) is 10.9 Å². The summed E-state index contributed by atoms with van der Waals surface area (Å²) in [7, 11) is 1.75. The molecule has 0 atom stereocenters. The fraction of sp³-hybridized carbons (Fsp3) is 0.188. The Hall–Kier alpha value is -2.89. The van der Waals surface area contributed by atoms with Crippen molar-refractivity contribution in [1.29, 1.82) is 0 Å². The molecule has 2 heterocycles. The van der Waals surface area contributed by atoms with E-state index in [0.29, 0.717) is 23.4 Å². The zero-order valence-corrected chi connectivity index (χ0v) is 12.4. The lowest BCUT2D eigenvalue weighted by Gasteiger charge is -2.13. The number of rotatable bonds is 3. The van der Waals surface area contributed by atoms with E-state index in [4.69, 9.17) is 0 Å². The molecule has 6 nitrogen and oxygen atoms in total. The van der Waals surface area contributed by atoms with Gasteiger partial charge in [-0.25, -0.2) is 0 Å². The number of H-pyrrole nitrogens is 1. The number of nitrogens with one attached hydrogen (secondary N) is 1. The molecule has 0 saturated carbocycles. The van der Waals surface area contributed by atoms with Crippen LogP contribution in [0.2, 0.25) is 0 Å². The molecule has 1 aromatic carbocycles. The maximum absolute atomic E-state index is 11.4. The molecule has 112 valence electrons. The van der Waals surface area contributed by atoms with Gasteiger partial charge in [0.25, 0.3) is 0 Å². The summed E-state index contributed by atoms with van der Waals surface area (Å²) in [5.41, 5.74) is 2.84. The first-order chi connectivity index (χ1) is 10.6. The Bertz CT molecular complexity index is 841. The average Bonchev–Trinajstić information content (AvgIpc) is 2.90. The number of carbonyl (C=O) groups is 1. The van der Waals surface area contributed by atoms with Crippen LogP contribution in [0.5, 0.6) is 5.75 Å². The van der Waals surface area contributed by atoms with Gasteiger partial charge in [0.1, 0.15) is 5.75 Å². The monoisotopic (exact) mass is 296 g/mol. The number of fused-ring (bicyclic) bond motifs is 1. The van der Waals surface area contributed by atoms with Gasteiger partial charge in [0.2, 0.25) is 5.91 Å². The van der Waals surface area contributed by atoms with Crippen molar-refractivity contribution in [1.82, 2.24) is 20.1 Å². The lowest BCUT2D eigenvalue weighted by Crippen LogP contribution is -2.22. The summed E-state index contributed by atoms with van der Waals surface area (Å²) in [5, 5.41) is 19.1. The first-order valence-corrected chi connectivity index (χ1v) is 6.90. The van der Waals surface area contributed by atoms with E-state index in [9.17, 15) is 9.90 Å². The Morgan fingerprint density at radius 2 is 2.09 bits per heavy atom. The van der Waals surface area contributed by atoms with Crippen molar-refractivity contribution < 1.29 is 9.90 Å². The Labute approximate surface area is 127 Å². The predicted molar refractivity (Wildman–Crippen MR) is 83.1 cm³/mol. The number of phenols is 1. The van der Waals surface area contributed by atoms with Crippen molar-refractivity contribution in [3.05, 3.63) is 42.1 Å². The van der Waals surface area contributed by atoms with Gasteiger partial charge < -0.3 is 15.0 Å². The lowest BCUT2D eigenvalue weighted by molar-refractivity contribution is -0.128. The molecule has 3 aromatic rings. The zero-order valence-electron chi connectivity index (χ0n) is 12.4. The van der Waals surface area contributed by atoms with Gasteiger partial charge in [-0.15, -0.1) is 10.2 Å². The number of nitrogens with zero attached hydrogens (tertiary/aromatic N) is 3. The summed E-state index contributed by atoms with van der Waals surface area (Å²) in [6.45, 7) is 2.02. The van der Waals surface area contributed by atoms with E-state index < -0.39 is 0 Å². The molecule has 0 spiro atoms. The summed E-state index contributed by atoms with van der Waals surface area (Å²) < 4.78 is 0. The van der Waals surface area contributed by atoms with Gasteiger partial charge in [-0.2, -0.15) is 0 Å². The highest BCUT2D eigenvalue weighted by Crippen LogP contribution is 2.29. The Morgan fingerprint density at radius 1 is 1.32 bits per heavy atom. The number of para-hydroxylation sites is 1. The number of phenolic OH excluding ortho intramolecular Hbond substituents is 1. The first-order valence-electron chi connectivity index (χ1n) is 6.90. The van der Waals surface area contributed by atoms with E-state index in [2.05, 4.69) is 15.2 Å². The van der Waals surface area contributed by atoms with Crippen LogP contribution < -0.4 is 0 Å². The van der Waals surface area contributed by atoms with Crippen LogP contribution in [0.15, 0.2) is 36.5 Å². The molecule has 2 N–H and O–H groups in total. The molecule has 3 rings (SSSR count). The molecule has 0 aliphatic heterocycles. The van der Waals surface area contributed by atoms with E-state index >= 15 is 0 Å². The molecule has 0 unspecified atom stereocenters. The van der Waals surface area contributed by atoms with E-state index in [1.54, 1.807) is 30.1 Å². The van der Waals surface area contributed by atoms with Gasteiger partial charge in [0.15, 0.2) is 5.65 Å². The van der Waals surface area contributed by atoms with E-state index in [1.807, 2.05) is 18.3 Å². The molecule has 0 fully saturated rings. The van der Waals surface area contributed by atoms with Crippen LogP contribution in [0.25, 0.3) is 22.3 Å². The van der Waals surface area contributed by atoms with Crippen LogP contribution in [0.4, 0.5) is 0 Å². The highest BCUT2D eigenvalue weighted by molar-refractivity contribution is 5.84. The van der Waals surface area contributed by atoms with Gasteiger partial charge in [-0.05, 0) is 23.8 Å². The third kappa shape index (κ3) is 2.50. The second kappa shape index (κ2) is 5.48. The smallest absolute Gasteiger partial charge is 0.219 e. The van der Waals surface area contributed by atoms with Gasteiger partial charge >= 0.3 is 0 Å². The van der Waals surface area contributed by atoms with Gasteiger partial charge in [-0.3, -0.25) is 4.79 Å². The summed E-state index contributed by atoms with van der Waals surface area (Å²) in [4.78, 5) is 16.1.